The lowest BCUT2D eigenvalue weighted by Crippen LogP contribution is -2.16. The van der Waals surface area contributed by atoms with Crippen molar-refractivity contribution in [3.8, 4) is 0 Å². The first-order chi connectivity index (χ1) is 8.46. The van der Waals surface area contributed by atoms with E-state index in [0.717, 1.165) is 11.1 Å². The third kappa shape index (κ3) is 3.34. The van der Waals surface area contributed by atoms with Crippen molar-refractivity contribution < 1.29 is 18.0 Å². The van der Waals surface area contributed by atoms with Crippen LogP contribution in [0.25, 0.3) is 0 Å². The summed E-state index contributed by atoms with van der Waals surface area (Å²) in [6.45, 7) is 0. The molecule has 0 atom stereocenters. The number of ketones is 1. The van der Waals surface area contributed by atoms with Gasteiger partial charge >= 0.3 is 6.18 Å². The zero-order valence-corrected chi connectivity index (χ0v) is 9.96. The van der Waals surface area contributed by atoms with Crippen molar-refractivity contribution in [1.29, 1.82) is 0 Å². The van der Waals surface area contributed by atoms with Crippen LogP contribution in [0.4, 0.5) is 13.2 Å². The SMILES string of the molecule is O=C(CCCC(F)(F)F)C1Cc2ccccc2C1. The number of fused-ring (bicyclic) bond motifs is 1. The molecule has 1 aliphatic carbocycles. The van der Waals surface area contributed by atoms with E-state index >= 15 is 0 Å². The number of hydrogen-bond acceptors (Lipinski definition) is 1. The van der Waals surface area contributed by atoms with E-state index in [-0.39, 0.29) is 24.5 Å². The highest BCUT2D eigenvalue weighted by molar-refractivity contribution is 5.82. The molecular weight excluding hydrogens is 241 g/mol. The molecule has 0 heterocycles. The average molecular weight is 256 g/mol. The summed E-state index contributed by atoms with van der Waals surface area (Å²) in [5.74, 6) is -0.147. The molecule has 0 saturated heterocycles. The molecule has 0 bridgehead atoms. The normalized spacial score (nSPS) is 15.7. The molecule has 0 N–H and O–H groups in total. The molecule has 1 aromatic carbocycles. The van der Waals surface area contributed by atoms with E-state index in [9.17, 15) is 18.0 Å². The van der Waals surface area contributed by atoms with E-state index in [2.05, 4.69) is 0 Å². The maximum Gasteiger partial charge on any atom is 0.389 e. The van der Waals surface area contributed by atoms with Crippen molar-refractivity contribution in [2.75, 3.05) is 0 Å². The fourth-order valence-electron chi connectivity index (χ4n) is 2.45. The third-order valence-corrected chi connectivity index (χ3v) is 3.39. The van der Waals surface area contributed by atoms with Gasteiger partial charge in [0, 0.05) is 18.8 Å². The predicted molar refractivity (Wildman–Crippen MR) is 62.3 cm³/mol. The summed E-state index contributed by atoms with van der Waals surface area (Å²) in [4.78, 5) is 11.8. The second-order valence-electron chi connectivity index (χ2n) is 4.81. The highest BCUT2D eigenvalue weighted by Crippen LogP contribution is 2.29. The van der Waals surface area contributed by atoms with Crippen molar-refractivity contribution in [2.24, 2.45) is 5.92 Å². The zero-order chi connectivity index (χ0) is 13.2. The Balaban J connectivity index is 1.83. The number of halogens is 3. The van der Waals surface area contributed by atoms with Crippen LogP contribution >= 0.6 is 0 Å². The lowest BCUT2D eigenvalue weighted by Gasteiger charge is -2.09. The average Bonchev–Trinajstić information content (AvgIpc) is 2.70. The second kappa shape index (κ2) is 5.12. The van der Waals surface area contributed by atoms with Gasteiger partial charge in [-0.3, -0.25) is 4.79 Å². The molecule has 1 aromatic rings. The van der Waals surface area contributed by atoms with Crippen LogP contribution in [-0.2, 0) is 17.6 Å². The summed E-state index contributed by atoms with van der Waals surface area (Å²) in [6.07, 6.45) is -3.70. The third-order valence-electron chi connectivity index (χ3n) is 3.39. The Labute approximate surface area is 104 Å². The minimum absolute atomic E-state index is 0.0320. The van der Waals surface area contributed by atoms with E-state index in [1.54, 1.807) is 0 Å². The van der Waals surface area contributed by atoms with Crippen molar-refractivity contribution in [3.63, 3.8) is 0 Å². The van der Waals surface area contributed by atoms with E-state index in [1.807, 2.05) is 24.3 Å². The molecule has 0 fully saturated rings. The molecule has 4 heteroatoms. The van der Waals surface area contributed by atoms with E-state index < -0.39 is 12.6 Å². The first-order valence-corrected chi connectivity index (χ1v) is 6.12. The molecule has 98 valence electrons. The van der Waals surface area contributed by atoms with Crippen molar-refractivity contribution in [3.05, 3.63) is 35.4 Å². The summed E-state index contributed by atoms with van der Waals surface area (Å²) < 4.78 is 36.0. The Hall–Kier alpha value is -1.32. The van der Waals surface area contributed by atoms with Crippen LogP contribution in [0.2, 0.25) is 0 Å². The molecule has 0 aromatic heterocycles. The van der Waals surface area contributed by atoms with Gasteiger partial charge < -0.3 is 0 Å². The first-order valence-electron chi connectivity index (χ1n) is 6.12. The van der Waals surface area contributed by atoms with Gasteiger partial charge in [0.25, 0.3) is 0 Å². The van der Waals surface area contributed by atoms with Gasteiger partial charge in [-0.1, -0.05) is 24.3 Å². The Morgan fingerprint density at radius 2 is 1.72 bits per heavy atom. The summed E-state index contributed by atoms with van der Waals surface area (Å²) in [5.41, 5.74) is 2.32. The lowest BCUT2D eigenvalue weighted by atomic mass is 9.97. The van der Waals surface area contributed by atoms with Crippen LogP contribution in [0.15, 0.2) is 24.3 Å². The molecule has 1 aliphatic rings. The second-order valence-corrected chi connectivity index (χ2v) is 4.81. The molecule has 0 amide bonds. The topological polar surface area (TPSA) is 17.1 Å². The van der Waals surface area contributed by atoms with Crippen LogP contribution in [0, 0.1) is 5.92 Å². The van der Waals surface area contributed by atoms with Crippen molar-refractivity contribution in [2.45, 2.75) is 38.3 Å². The van der Waals surface area contributed by atoms with Gasteiger partial charge in [0.1, 0.15) is 5.78 Å². The molecule has 0 radical (unpaired) electrons. The highest BCUT2D eigenvalue weighted by atomic mass is 19.4. The van der Waals surface area contributed by atoms with Crippen LogP contribution in [0.3, 0.4) is 0 Å². The fraction of sp³-hybridized carbons (Fsp3) is 0.500. The zero-order valence-electron chi connectivity index (χ0n) is 9.96. The smallest absolute Gasteiger partial charge is 0.299 e. The number of hydrogen-bond donors (Lipinski definition) is 0. The number of benzene rings is 1. The van der Waals surface area contributed by atoms with E-state index in [4.69, 9.17) is 0 Å². The molecule has 2 rings (SSSR count). The Bertz CT molecular complexity index is 412. The number of carbonyl (C=O) groups excluding carboxylic acids is 1. The minimum Gasteiger partial charge on any atom is -0.299 e. The van der Waals surface area contributed by atoms with E-state index in [0.29, 0.717) is 12.8 Å². The standard InChI is InChI=1S/C14H15F3O/c15-14(16,17)7-3-6-13(18)12-8-10-4-1-2-5-11(10)9-12/h1-2,4-5,12H,3,6-9H2. The minimum atomic E-state index is -4.15. The van der Waals surface area contributed by atoms with E-state index in [1.165, 1.54) is 0 Å². The van der Waals surface area contributed by atoms with Gasteiger partial charge in [-0.2, -0.15) is 13.2 Å². The molecule has 1 nitrogen and oxygen atoms in total. The maximum atomic E-state index is 12.0. The first kappa shape index (κ1) is 13.1. The lowest BCUT2D eigenvalue weighted by molar-refractivity contribution is -0.137. The summed E-state index contributed by atoms with van der Waals surface area (Å²) in [5, 5.41) is 0. The molecule has 18 heavy (non-hydrogen) atoms. The van der Waals surface area contributed by atoms with Gasteiger partial charge in [-0.05, 0) is 30.4 Å². The van der Waals surface area contributed by atoms with Gasteiger partial charge in [0.2, 0.25) is 0 Å². The van der Waals surface area contributed by atoms with Gasteiger partial charge in [0.05, 0.1) is 0 Å². The number of rotatable bonds is 4. The van der Waals surface area contributed by atoms with Crippen LogP contribution < -0.4 is 0 Å². The quantitative estimate of drug-likeness (QED) is 0.802. The summed E-state index contributed by atoms with van der Waals surface area (Å²) in [6, 6.07) is 7.82. The number of Topliss-reactive ketones (excluding diaryl/α,β-unsaturated/α-hetero) is 1. The summed E-state index contributed by atoms with van der Waals surface area (Å²) >= 11 is 0. The summed E-state index contributed by atoms with van der Waals surface area (Å²) in [7, 11) is 0. The Morgan fingerprint density at radius 3 is 2.22 bits per heavy atom. The van der Waals surface area contributed by atoms with Crippen molar-refractivity contribution >= 4 is 5.78 Å². The van der Waals surface area contributed by atoms with Crippen molar-refractivity contribution in [1.82, 2.24) is 0 Å². The predicted octanol–water partition coefficient (Wildman–Crippen LogP) is 3.70. The van der Waals surface area contributed by atoms with Gasteiger partial charge in [-0.25, -0.2) is 0 Å². The van der Waals surface area contributed by atoms with Gasteiger partial charge in [0.15, 0.2) is 0 Å². The van der Waals surface area contributed by atoms with Gasteiger partial charge in [-0.15, -0.1) is 0 Å². The monoisotopic (exact) mass is 256 g/mol. The molecular formula is C14H15F3O. The Morgan fingerprint density at radius 1 is 1.17 bits per heavy atom. The molecule has 0 spiro atoms. The van der Waals surface area contributed by atoms with Crippen LogP contribution in [-0.4, -0.2) is 12.0 Å². The molecule has 0 aliphatic heterocycles. The van der Waals surface area contributed by atoms with Crippen LogP contribution in [0.1, 0.15) is 30.4 Å². The molecule has 0 unspecified atom stereocenters. The highest BCUT2D eigenvalue weighted by Gasteiger charge is 2.29. The maximum absolute atomic E-state index is 12.0. The number of alkyl halides is 3. The fourth-order valence-corrected chi connectivity index (χ4v) is 2.45. The van der Waals surface area contributed by atoms with Crippen LogP contribution in [0.5, 0.6) is 0 Å². The largest absolute Gasteiger partial charge is 0.389 e. The molecule has 0 saturated carbocycles. The Kier molecular flexibility index (Phi) is 3.73. The number of carbonyl (C=O) groups is 1.